The summed E-state index contributed by atoms with van der Waals surface area (Å²) in [6, 6.07) is -12.2. The van der Waals surface area contributed by atoms with Crippen LogP contribution in [-0.2, 0) is 138 Å². The molecule has 5 fully saturated rings. The van der Waals surface area contributed by atoms with Gasteiger partial charge in [-0.3, -0.25) is 76.7 Å². The van der Waals surface area contributed by atoms with Crippen molar-refractivity contribution in [1.29, 1.82) is 0 Å². The molecule has 40 nitrogen and oxygen atoms in total. The van der Waals surface area contributed by atoms with Crippen LogP contribution in [0.4, 0.5) is 0 Å². The number of primary amides is 1. The summed E-state index contributed by atoms with van der Waals surface area (Å²) < 4.78 is 76.3. The lowest BCUT2D eigenvalue weighted by Gasteiger charge is -2.49. The van der Waals surface area contributed by atoms with Crippen LogP contribution in [-0.4, -0.2) is 289 Å². The first kappa shape index (κ1) is 82.9. The van der Waals surface area contributed by atoms with Crippen molar-refractivity contribution >= 4 is 94.9 Å². The first-order chi connectivity index (χ1) is 47.3. The minimum atomic E-state index is -2.24. The van der Waals surface area contributed by atoms with Gasteiger partial charge in [0.25, 0.3) is 0 Å². The highest BCUT2D eigenvalue weighted by Crippen LogP contribution is 2.36. The number of aliphatic hydroxyl groups is 2. The number of rotatable bonds is 30. The Balaban J connectivity index is 1.65. The Bertz CT molecular complexity index is 3070. The number of nitrogens with two attached hydrogens (primary N) is 1. The third kappa shape index (κ3) is 23.4. The second kappa shape index (κ2) is 37.7. The van der Waals surface area contributed by atoms with Crippen LogP contribution in [0, 0.1) is 0 Å². The van der Waals surface area contributed by atoms with E-state index in [2.05, 4.69) is 31.9 Å². The van der Waals surface area contributed by atoms with Gasteiger partial charge in [-0.1, -0.05) is 0 Å². The van der Waals surface area contributed by atoms with Crippen molar-refractivity contribution in [3.63, 3.8) is 0 Å². The second-order valence-electron chi connectivity index (χ2n) is 24.5. The molecule has 5 saturated heterocycles. The fraction of sp³-hybridized carbons (Fsp3) is 0.738. The number of hydrogen-bond acceptors (Lipinski definition) is 31. The van der Waals surface area contributed by atoms with Crippen molar-refractivity contribution in [3.8, 4) is 0 Å². The molecule has 5 aliphatic heterocycles. The molecule has 5 heterocycles. The Hall–Kier alpha value is -8.80. The summed E-state index contributed by atoms with van der Waals surface area (Å²) >= 11 is 0. The van der Waals surface area contributed by atoms with Crippen LogP contribution >= 0.6 is 0 Å². The average molecular weight is 1450 g/mol. The number of likely N-dealkylation sites (tertiary alicyclic amines) is 2. The molecule has 0 bridgehead atoms. The normalized spacial score (nSPS) is 29.2. The molecule has 0 spiro atoms. The van der Waals surface area contributed by atoms with Gasteiger partial charge in [-0.05, 0) is 46.5 Å². The van der Waals surface area contributed by atoms with Crippen molar-refractivity contribution < 1.29 is 149 Å². The van der Waals surface area contributed by atoms with E-state index in [1.165, 1.54) is 23.6 Å². The lowest BCUT2D eigenvalue weighted by molar-refractivity contribution is -0.353. The standard InChI is InChI=1S/C61H91N9O31/c1-24(53(62)83)63-55(85)38-16-14-18-69(38)58(88)39-17-15-19-70(39)57(87)25(2)64-56(86)43(68-54(84)37(20-71)65-27(4)72)26(3)92-60-44(66-28(5)73)49(101-61-52(97-36(13)81)51(96-35(12)80)48(94-33(10)78)42(100-61)23-90-31(8)76)46(82)40(98-60)21-91-59-45(67-29(6)74)50(95-34(11)79)47(93-32(9)77)41(99-59)22-89-30(7)75/h24-26,37-52,59-61,71,82H,14-23H2,1-13H3,(H2,62,83)(H,63,85)(H,64,86)(H,65,72)(H,66,73)(H,67,74)(H,68,84)/t24?,25?,26?,37?,38?,39?,40?,41?,42?,43?,44?,45?,46-,47-,48-,49+,50+,51-,52?,59+,60+,61-/m0/s1. The molecule has 566 valence electrons. The average Bonchev–Trinajstić information content (AvgIpc) is 1.57. The number of nitrogens with zero attached hydrogens (tertiary/aromatic N) is 2. The van der Waals surface area contributed by atoms with Crippen molar-refractivity contribution in [2.45, 2.75) is 250 Å². The van der Waals surface area contributed by atoms with Gasteiger partial charge in [0.05, 0.1) is 19.3 Å². The van der Waals surface area contributed by atoms with E-state index in [1.54, 1.807) is 0 Å². The first-order valence-corrected chi connectivity index (χ1v) is 32.3. The van der Waals surface area contributed by atoms with Crippen LogP contribution in [0.25, 0.3) is 0 Å². The maximum atomic E-state index is 15.0. The summed E-state index contributed by atoms with van der Waals surface area (Å²) in [6.07, 6.45) is -25.6. The van der Waals surface area contributed by atoms with E-state index >= 15 is 0 Å². The fourth-order valence-corrected chi connectivity index (χ4v) is 12.0. The Kier molecular flexibility index (Phi) is 31.0. The molecular formula is C61H91N9O31. The molecule has 40 heteroatoms. The van der Waals surface area contributed by atoms with Crippen LogP contribution < -0.4 is 37.6 Å². The van der Waals surface area contributed by atoms with Crippen LogP contribution in [0.15, 0.2) is 0 Å². The van der Waals surface area contributed by atoms with Gasteiger partial charge in [-0.25, -0.2) is 0 Å². The highest BCUT2D eigenvalue weighted by Gasteiger charge is 2.58. The molecule has 0 aromatic rings. The Labute approximate surface area is 578 Å². The van der Waals surface area contributed by atoms with Crippen molar-refractivity contribution in [1.82, 2.24) is 41.7 Å². The van der Waals surface area contributed by atoms with Crippen LogP contribution in [0.3, 0.4) is 0 Å². The van der Waals surface area contributed by atoms with Gasteiger partial charge >= 0.3 is 41.8 Å². The molecule has 0 aromatic heterocycles. The number of hydrogen-bond donors (Lipinski definition) is 9. The van der Waals surface area contributed by atoms with Gasteiger partial charge in [0, 0.05) is 82.3 Å². The zero-order chi connectivity index (χ0) is 75.6. The molecule has 5 aliphatic rings. The fourth-order valence-electron chi connectivity index (χ4n) is 12.0. The maximum Gasteiger partial charge on any atom is 0.303 e. The summed E-state index contributed by atoms with van der Waals surface area (Å²) in [5.74, 6) is -14.9. The number of carbonyl (C=O) groups excluding carboxylic acids is 16. The molecule has 0 radical (unpaired) electrons. The predicted molar refractivity (Wildman–Crippen MR) is 330 cm³/mol. The largest absolute Gasteiger partial charge is 0.463 e. The zero-order valence-corrected chi connectivity index (χ0v) is 58.0. The molecule has 5 rings (SSSR count). The summed E-state index contributed by atoms with van der Waals surface area (Å²) in [5.41, 5.74) is 5.35. The van der Waals surface area contributed by atoms with E-state index in [9.17, 15) is 86.9 Å². The third-order valence-corrected chi connectivity index (χ3v) is 16.2. The van der Waals surface area contributed by atoms with E-state index in [0.29, 0.717) is 12.8 Å². The van der Waals surface area contributed by atoms with Crippen molar-refractivity contribution in [2.75, 3.05) is 39.5 Å². The van der Waals surface area contributed by atoms with Crippen molar-refractivity contribution in [3.05, 3.63) is 0 Å². The number of amides is 9. The smallest absolute Gasteiger partial charge is 0.303 e. The van der Waals surface area contributed by atoms with Gasteiger partial charge in [-0.2, -0.15) is 0 Å². The highest BCUT2D eigenvalue weighted by atomic mass is 16.8. The lowest BCUT2D eigenvalue weighted by atomic mass is 9.94. The maximum absolute atomic E-state index is 15.0. The molecule has 9 amide bonds. The molecule has 13 unspecified atom stereocenters. The number of esters is 7. The number of nitrogens with one attached hydrogen (secondary N) is 6. The third-order valence-electron chi connectivity index (χ3n) is 16.2. The topological polar surface area (TPSA) is 538 Å². The summed E-state index contributed by atoms with van der Waals surface area (Å²) in [5, 5.41) is 37.7. The molecule has 101 heavy (non-hydrogen) atoms. The van der Waals surface area contributed by atoms with E-state index in [1.807, 2.05) is 0 Å². The molecule has 22 atom stereocenters. The summed E-state index contributed by atoms with van der Waals surface area (Å²) in [4.78, 5) is 213. The van der Waals surface area contributed by atoms with Gasteiger partial charge in [0.2, 0.25) is 53.2 Å². The van der Waals surface area contributed by atoms with Crippen LogP contribution in [0.1, 0.15) is 116 Å². The van der Waals surface area contributed by atoms with Gasteiger partial charge in [0.15, 0.2) is 49.4 Å². The second-order valence-corrected chi connectivity index (χ2v) is 24.5. The number of carbonyl (C=O) groups is 16. The number of aliphatic hydroxyl groups excluding tert-OH is 2. The van der Waals surface area contributed by atoms with Crippen molar-refractivity contribution in [2.24, 2.45) is 5.73 Å². The SMILES string of the molecule is CC(=O)NC(CO)C(=O)NC(C(=O)NC(C)C(=O)N1CCCC1C(=O)N1CCCC1C(=O)NC(C)C(N)=O)C(C)O[C@@H]1OC(CO[C@@H]2OC(COC(C)=O)[C@H](OC(C)=O)[C@H](OC(C)=O)C2NC(C)=O)[C@H](O)[C@H](O[C@@H]2OC(COC(C)=O)[C@H](OC(C)=O)[C@H](OC(C)=O)C2OC(C)=O)C1NC(C)=O. The van der Waals surface area contributed by atoms with Gasteiger partial charge < -0.3 is 119 Å². The van der Waals surface area contributed by atoms with E-state index in [4.69, 9.17) is 67.3 Å². The Morgan fingerprint density at radius 3 is 1.48 bits per heavy atom. The summed E-state index contributed by atoms with van der Waals surface area (Å²) in [7, 11) is 0. The molecule has 0 aromatic carbocycles. The Morgan fingerprint density at radius 1 is 0.495 bits per heavy atom. The number of ether oxygens (including phenoxy) is 13. The minimum Gasteiger partial charge on any atom is -0.463 e. The predicted octanol–water partition coefficient (Wildman–Crippen LogP) is -6.42. The quantitative estimate of drug-likeness (QED) is 0.0239. The zero-order valence-electron chi connectivity index (χ0n) is 58.0. The van der Waals surface area contributed by atoms with Crippen LogP contribution in [0.2, 0.25) is 0 Å². The van der Waals surface area contributed by atoms with Gasteiger partial charge in [-0.15, -0.1) is 0 Å². The molecular weight excluding hydrogens is 1350 g/mol. The molecule has 0 saturated carbocycles. The van der Waals surface area contributed by atoms with E-state index in [0.717, 1.165) is 76.2 Å². The first-order valence-electron chi connectivity index (χ1n) is 32.3. The molecule has 0 aliphatic carbocycles. The monoisotopic (exact) mass is 1450 g/mol. The Morgan fingerprint density at radius 2 is 0.970 bits per heavy atom. The molecule has 10 N–H and O–H groups in total. The van der Waals surface area contributed by atoms with E-state index in [-0.39, 0.29) is 25.9 Å². The highest BCUT2D eigenvalue weighted by molar-refractivity contribution is 5.97. The van der Waals surface area contributed by atoms with Gasteiger partial charge in [0.1, 0.15) is 92.1 Å². The lowest BCUT2D eigenvalue weighted by Crippen LogP contribution is -2.70. The summed E-state index contributed by atoms with van der Waals surface area (Å²) in [6.45, 7) is 10.1. The minimum absolute atomic E-state index is 0.00822. The van der Waals surface area contributed by atoms with Crippen LogP contribution in [0.5, 0.6) is 0 Å². The van der Waals surface area contributed by atoms with E-state index < -0.39 is 256 Å².